The van der Waals surface area contributed by atoms with Gasteiger partial charge in [0.2, 0.25) is 5.82 Å². The van der Waals surface area contributed by atoms with Crippen LogP contribution in [0.25, 0.3) is 5.69 Å². The number of para-hydroxylation sites is 1. The summed E-state index contributed by atoms with van der Waals surface area (Å²) in [6.07, 6.45) is 2.01. The number of carbonyl (C=O) groups is 1. The van der Waals surface area contributed by atoms with Gasteiger partial charge in [0.25, 0.3) is 5.91 Å². The molecule has 2 unspecified atom stereocenters. The van der Waals surface area contributed by atoms with E-state index in [1.165, 1.54) is 0 Å². The lowest BCUT2D eigenvalue weighted by Crippen LogP contribution is -2.45. The first-order valence-corrected chi connectivity index (χ1v) is 9.53. The fourth-order valence-corrected chi connectivity index (χ4v) is 3.57. The van der Waals surface area contributed by atoms with Gasteiger partial charge in [-0.25, -0.2) is 9.67 Å². The van der Waals surface area contributed by atoms with Gasteiger partial charge in [-0.3, -0.25) is 4.79 Å². The highest BCUT2D eigenvalue weighted by Crippen LogP contribution is 2.25. The molecule has 1 fully saturated rings. The van der Waals surface area contributed by atoms with Gasteiger partial charge in [0.15, 0.2) is 0 Å². The zero-order chi connectivity index (χ0) is 18.8. The number of nitrogens with zero attached hydrogens (tertiary/aromatic N) is 4. The van der Waals surface area contributed by atoms with Gasteiger partial charge in [-0.15, -0.1) is 17.5 Å². The quantitative estimate of drug-likeness (QED) is 0.832. The fraction of sp³-hybridized carbons (Fsp3) is 0.526. The maximum atomic E-state index is 13.0. The van der Waals surface area contributed by atoms with Crippen LogP contribution in [-0.2, 0) is 0 Å². The number of piperidine rings is 1. The molecule has 0 saturated carbocycles. The summed E-state index contributed by atoms with van der Waals surface area (Å²) in [7, 11) is 0. The molecule has 1 saturated heterocycles. The van der Waals surface area contributed by atoms with E-state index in [1.54, 1.807) is 4.68 Å². The van der Waals surface area contributed by atoms with Crippen molar-refractivity contribution in [3.63, 3.8) is 0 Å². The minimum Gasteiger partial charge on any atom is -0.336 e. The highest BCUT2D eigenvalue weighted by molar-refractivity contribution is 6.32. The molecule has 1 aromatic heterocycles. The third-order valence-corrected chi connectivity index (χ3v) is 5.23. The fourth-order valence-electron chi connectivity index (χ4n) is 3.35. The molecule has 1 aliphatic heterocycles. The van der Waals surface area contributed by atoms with Crippen LogP contribution < -0.4 is 5.73 Å². The first kappa shape index (κ1) is 21.7. The molecule has 8 heteroatoms. The predicted molar refractivity (Wildman–Crippen MR) is 110 cm³/mol. The lowest BCUT2D eigenvalue weighted by atomic mass is 9.92. The maximum Gasteiger partial charge on any atom is 0.293 e. The molecular formula is C19H27Cl2N5O. The second-order valence-corrected chi connectivity index (χ2v) is 7.73. The first-order valence-electron chi connectivity index (χ1n) is 9.15. The van der Waals surface area contributed by atoms with Crippen LogP contribution in [0.4, 0.5) is 0 Å². The number of aromatic nitrogens is 3. The second kappa shape index (κ2) is 9.04. The molecule has 2 N–H and O–H groups in total. The summed E-state index contributed by atoms with van der Waals surface area (Å²) in [4.78, 5) is 19.4. The van der Waals surface area contributed by atoms with Crippen LogP contribution in [0.1, 0.15) is 56.0 Å². The van der Waals surface area contributed by atoms with Crippen LogP contribution in [0.15, 0.2) is 24.3 Å². The molecule has 2 aromatic rings. The molecule has 1 aromatic carbocycles. The average molecular weight is 412 g/mol. The summed E-state index contributed by atoms with van der Waals surface area (Å²) in [6, 6.07) is 7.52. The van der Waals surface area contributed by atoms with Crippen molar-refractivity contribution in [3.05, 3.63) is 40.9 Å². The number of rotatable bonds is 4. The first-order chi connectivity index (χ1) is 12.4. The summed E-state index contributed by atoms with van der Waals surface area (Å²) in [6.45, 7) is 7.44. The molecule has 1 aliphatic rings. The second-order valence-electron chi connectivity index (χ2n) is 7.32. The SMILES string of the molecule is CC(C)c1nc(C(=O)N2CCCC(C(C)N)C2)nn1-c1ccccc1Cl.Cl. The number of likely N-dealkylation sites (tertiary alicyclic amines) is 1. The van der Waals surface area contributed by atoms with E-state index < -0.39 is 0 Å². The molecule has 3 rings (SSSR count). The Hall–Kier alpha value is -1.63. The van der Waals surface area contributed by atoms with Crippen molar-refractivity contribution >= 4 is 29.9 Å². The summed E-state index contributed by atoms with van der Waals surface area (Å²) < 4.78 is 1.69. The lowest BCUT2D eigenvalue weighted by molar-refractivity contribution is 0.0648. The molecule has 0 bridgehead atoms. The van der Waals surface area contributed by atoms with Gasteiger partial charge in [-0.2, -0.15) is 0 Å². The molecule has 27 heavy (non-hydrogen) atoms. The Morgan fingerprint density at radius 3 is 2.63 bits per heavy atom. The molecule has 6 nitrogen and oxygen atoms in total. The number of hydrogen-bond acceptors (Lipinski definition) is 4. The van der Waals surface area contributed by atoms with E-state index in [-0.39, 0.29) is 36.1 Å². The standard InChI is InChI=1S/C19H26ClN5O.ClH/c1-12(2)18-22-17(23-25(18)16-9-5-4-8-15(16)20)19(26)24-10-6-7-14(11-24)13(3)21;/h4-5,8-9,12-14H,6-7,10-11,21H2,1-3H3;1H. The Balaban J connectivity index is 0.00000261. The summed E-state index contributed by atoms with van der Waals surface area (Å²) in [5, 5.41) is 5.08. The van der Waals surface area contributed by atoms with Gasteiger partial charge >= 0.3 is 0 Å². The van der Waals surface area contributed by atoms with E-state index >= 15 is 0 Å². The Bertz CT molecular complexity index is 790. The van der Waals surface area contributed by atoms with Gasteiger partial charge in [-0.1, -0.05) is 37.6 Å². The molecule has 1 amide bonds. The number of benzene rings is 1. The number of halogens is 2. The highest BCUT2D eigenvalue weighted by atomic mass is 35.5. The van der Waals surface area contributed by atoms with Gasteiger partial charge < -0.3 is 10.6 Å². The van der Waals surface area contributed by atoms with Crippen LogP contribution in [0.5, 0.6) is 0 Å². The number of hydrogen-bond donors (Lipinski definition) is 1. The van der Waals surface area contributed by atoms with Crippen LogP contribution in [0.3, 0.4) is 0 Å². The molecule has 2 heterocycles. The summed E-state index contributed by atoms with van der Waals surface area (Å²) in [5.41, 5.74) is 6.77. The van der Waals surface area contributed by atoms with E-state index in [2.05, 4.69) is 10.1 Å². The third-order valence-electron chi connectivity index (χ3n) is 4.91. The van der Waals surface area contributed by atoms with E-state index in [9.17, 15) is 4.79 Å². The monoisotopic (exact) mass is 411 g/mol. The van der Waals surface area contributed by atoms with Crippen LogP contribution in [0, 0.1) is 5.92 Å². The van der Waals surface area contributed by atoms with Gasteiger partial charge in [-0.05, 0) is 37.8 Å². The predicted octanol–water partition coefficient (Wildman–Crippen LogP) is 3.67. The van der Waals surface area contributed by atoms with Crippen LogP contribution in [-0.4, -0.2) is 44.7 Å². The number of nitrogens with two attached hydrogens (primary N) is 1. The smallest absolute Gasteiger partial charge is 0.293 e. The van der Waals surface area contributed by atoms with E-state index in [0.29, 0.717) is 17.5 Å². The van der Waals surface area contributed by atoms with E-state index in [4.69, 9.17) is 17.3 Å². The molecule has 0 aliphatic carbocycles. The highest BCUT2D eigenvalue weighted by Gasteiger charge is 2.29. The normalized spacial score (nSPS) is 18.3. The van der Waals surface area contributed by atoms with Gasteiger partial charge in [0.05, 0.1) is 10.7 Å². The zero-order valence-electron chi connectivity index (χ0n) is 15.9. The Kier molecular flexibility index (Phi) is 7.25. The van der Waals surface area contributed by atoms with Crippen molar-refractivity contribution in [2.45, 2.75) is 45.6 Å². The Morgan fingerprint density at radius 2 is 2.00 bits per heavy atom. The average Bonchev–Trinajstić information content (AvgIpc) is 3.07. The van der Waals surface area contributed by atoms with Crippen LogP contribution >= 0.6 is 24.0 Å². The van der Waals surface area contributed by atoms with E-state index in [0.717, 1.165) is 30.9 Å². The number of amides is 1. The topological polar surface area (TPSA) is 77.0 Å². The molecule has 0 radical (unpaired) electrons. The maximum absolute atomic E-state index is 13.0. The van der Waals surface area contributed by atoms with Crippen LogP contribution in [0.2, 0.25) is 5.02 Å². The molecular weight excluding hydrogens is 385 g/mol. The largest absolute Gasteiger partial charge is 0.336 e. The van der Waals surface area contributed by atoms with Crippen molar-refractivity contribution in [2.24, 2.45) is 11.7 Å². The minimum absolute atomic E-state index is 0. The zero-order valence-corrected chi connectivity index (χ0v) is 17.5. The Labute approximate surface area is 171 Å². The van der Waals surface area contributed by atoms with Crippen molar-refractivity contribution in [2.75, 3.05) is 13.1 Å². The van der Waals surface area contributed by atoms with Gasteiger partial charge in [0, 0.05) is 25.0 Å². The molecule has 2 atom stereocenters. The number of carbonyl (C=O) groups excluding carboxylic acids is 1. The molecule has 148 valence electrons. The summed E-state index contributed by atoms with van der Waals surface area (Å²) in [5.74, 6) is 1.24. The van der Waals surface area contributed by atoms with Crippen molar-refractivity contribution in [3.8, 4) is 5.69 Å². The van der Waals surface area contributed by atoms with Crippen molar-refractivity contribution in [1.29, 1.82) is 0 Å². The summed E-state index contributed by atoms with van der Waals surface area (Å²) >= 11 is 6.33. The van der Waals surface area contributed by atoms with Gasteiger partial charge in [0.1, 0.15) is 5.82 Å². The third kappa shape index (κ3) is 4.62. The minimum atomic E-state index is -0.136. The van der Waals surface area contributed by atoms with E-state index in [1.807, 2.05) is 49.9 Å². The van der Waals surface area contributed by atoms with Crippen molar-refractivity contribution in [1.82, 2.24) is 19.7 Å². The molecule has 0 spiro atoms. The van der Waals surface area contributed by atoms with Crippen molar-refractivity contribution < 1.29 is 4.79 Å². The lowest BCUT2D eigenvalue weighted by Gasteiger charge is -2.33. The Morgan fingerprint density at radius 1 is 1.30 bits per heavy atom.